The lowest BCUT2D eigenvalue weighted by atomic mass is 10.2. The van der Waals surface area contributed by atoms with Gasteiger partial charge in [0, 0.05) is 19.2 Å². The van der Waals surface area contributed by atoms with E-state index in [1.807, 2.05) is 37.1 Å². The summed E-state index contributed by atoms with van der Waals surface area (Å²) in [5.74, 6) is 7.76. The van der Waals surface area contributed by atoms with E-state index < -0.39 is 0 Å². The molecule has 2 aromatic rings. The van der Waals surface area contributed by atoms with Gasteiger partial charge in [0.15, 0.2) is 0 Å². The summed E-state index contributed by atoms with van der Waals surface area (Å²) in [6.07, 6.45) is 1.50. The molecule has 0 bridgehead atoms. The highest BCUT2D eigenvalue weighted by Crippen LogP contribution is 2.22. The van der Waals surface area contributed by atoms with Crippen LogP contribution in [0.3, 0.4) is 0 Å². The molecule has 0 aliphatic heterocycles. The average molecular weight is 273 g/mol. The van der Waals surface area contributed by atoms with Crippen LogP contribution in [0.4, 0.5) is 11.6 Å². The predicted molar refractivity (Wildman–Crippen MR) is 79.7 cm³/mol. The highest BCUT2D eigenvalue weighted by Gasteiger charge is 2.11. The van der Waals surface area contributed by atoms with Gasteiger partial charge < -0.3 is 15.1 Å². The Bertz CT molecular complexity index is 588. The van der Waals surface area contributed by atoms with Gasteiger partial charge in [-0.3, -0.25) is 0 Å². The second-order valence-electron chi connectivity index (χ2n) is 4.52. The van der Waals surface area contributed by atoms with Gasteiger partial charge in [0.1, 0.15) is 23.7 Å². The molecule has 20 heavy (non-hydrogen) atoms. The number of hydrazine groups is 1. The third-order valence-corrected chi connectivity index (χ3v) is 3.11. The van der Waals surface area contributed by atoms with Gasteiger partial charge in [0.2, 0.25) is 0 Å². The molecule has 0 saturated heterocycles. The number of nitrogens with zero attached hydrogens (tertiary/aromatic N) is 3. The number of methoxy groups -OCH3 is 1. The Balaban J connectivity index is 2.21. The van der Waals surface area contributed by atoms with Crippen LogP contribution in [0.15, 0.2) is 30.6 Å². The number of aromatic nitrogens is 2. The minimum atomic E-state index is 0.632. The van der Waals surface area contributed by atoms with Crippen molar-refractivity contribution in [1.29, 1.82) is 0 Å². The predicted octanol–water partition coefficient (Wildman–Crippen LogP) is 1.72. The molecule has 0 unspecified atom stereocenters. The van der Waals surface area contributed by atoms with Crippen LogP contribution >= 0.6 is 0 Å². The molecule has 6 nitrogen and oxygen atoms in total. The zero-order valence-corrected chi connectivity index (χ0v) is 11.9. The van der Waals surface area contributed by atoms with Gasteiger partial charge in [-0.15, -0.1) is 0 Å². The van der Waals surface area contributed by atoms with Crippen molar-refractivity contribution in [1.82, 2.24) is 9.97 Å². The maximum absolute atomic E-state index is 5.43. The van der Waals surface area contributed by atoms with E-state index in [4.69, 9.17) is 10.6 Å². The van der Waals surface area contributed by atoms with Crippen molar-refractivity contribution < 1.29 is 4.74 Å². The molecule has 0 fully saturated rings. The van der Waals surface area contributed by atoms with Crippen LogP contribution in [0.5, 0.6) is 5.75 Å². The summed E-state index contributed by atoms with van der Waals surface area (Å²) in [5, 5.41) is 0. The first kappa shape index (κ1) is 14.1. The Labute approximate surface area is 118 Å². The minimum Gasteiger partial charge on any atom is -0.497 e. The molecule has 0 aliphatic rings. The monoisotopic (exact) mass is 273 g/mol. The van der Waals surface area contributed by atoms with E-state index in [9.17, 15) is 0 Å². The fourth-order valence-electron chi connectivity index (χ4n) is 2.09. The molecular formula is C14H19N5O. The van der Waals surface area contributed by atoms with Crippen LogP contribution in [0.25, 0.3) is 0 Å². The summed E-state index contributed by atoms with van der Waals surface area (Å²) >= 11 is 0. The molecule has 6 heteroatoms. The molecule has 0 amide bonds. The minimum absolute atomic E-state index is 0.632. The molecule has 0 aliphatic carbocycles. The summed E-state index contributed by atoms with van der Waals surface area (Å²) in [6, 6.07) is 7.96. The SMILES string of the molecule is COc1cccc(CN(C)c2ncnc(NN)c2C)c1. The third-order valence-electron chi connectivity index (χ3n) is 3.11. The fourth-order valence-corrected chi connectivity index (χ4v) is 2.09. The standard InChI is InChI=1S/C14H19N5O/c1-10-13(18-15)16-9-17-14(10)19(2)8-11-5-4-6-12(7-11)20-3/h4-7,9H,8,15H2,1-3H3,(H,16,17,18). The van der Waals surface area contributed by atoms with Crippen LogP contribution in [-0.2, 0) is 6.54 Å². The summed E-state index contributed by atoms with van der Waals surface area (Å²) in [6.45, 7) is 2.66. The molecule has 0 spiro atoms. The molecule has 1 aromatic carbocycles. The van der Waals surface area contributed by atoms with E-state index >= 15 is 0 Å². The molecule has 3 N–H and O–H groups in total. The van der Waals surface area contributed by atoms with Gasteiger partial charge in [-0.2, -0.15) is 0 Å². The fraction of sp³-hybridized carbons (Fsp3) is 0.286. The number of hydrogen-bond donors (Lipinski definition) is 2. The zero-order valence-electron chi connectivity index (χ0n) is 11.9. The summed E-state index contributed by atoms with van der Waals surface area (Å²) in [5.41, 5.74) is 4.64. The lowest BCUT2D eigenvalue weighted by Crippen LogP contribution is -2.20. The number of ether oxygens (including phenoxy) is 1. The van der Waals surface area contributed by atoms with Crippen molar-refractivity contribution in [3.05, 3.63) is 41.7 Å². The number of benzene rings is 1. The van der Waals surface area contributed by atoms with Crippen LogP contribution in [0.2, 0.25) is 0 Å². The first-order valence-electron chi connectivity index (χ1n) is 6.28. The lowest BCUT2D eigenvalue weighted by molar-refractivity contribution is 0.414. The van der Waals surface area contributed by atoms with Crippen LogP contribution in [0, 0.1) is 6.92 Å². The molecule has 2 rings (SSSR count). The van der Waals surface area contributed by atoms with Gasteiger partial charge in [-0.05, 0) is 24.6 Å². The first-order valence-corrected chi connectivity index (χ1v) is 6.28. The topological polar surface area (TPSA) is 76.3 Å². The molecule has 0 saturated carbocycles. The van der Waals surface area contributed by atoms with Crippen LogP contribution in [0.1, 0.15) is 11.1 Å². The number of nitrogens with two attached hydrogens (primary N) is 1. The average Bonchev–Trinajstić information content (AvgIpc) is 2.47. The largest absolute Gasteiger partial charge is 0.497 e. The van der Waals surface area contributed by atoms with Crippen molar-refractivity contribution in [3.8, 4) is 5.75 Å². The summed E-state index contributed by atoms with van der Waals surface area (Å²) in [4.78, 5) is 10.4. The molecule has 0 radical (unpaired) electrons. The van der Waals surface area contributed by atoms with Crippen LogP contribution in [-0.4, -0.2) is 24.1 Å². The number of nitrogen functional groups attached to an aromatic ring is 1. The molecule has 1 heterocycles. The van der Waals surface area contributed by atoms with E-state index in [1.54, 1.807) is 7.11 Å². The number of rotatable bonds is 5. The normalized spacial score (nSPS) is 10.2. The van der Waals surface area contributed by atoms with Gasteiger partial charge in [-0.25, -0.2) is 15.8 Å². The molecule has 106 valence electrons. The van der Waals surface area contributed by atoms with E-state index in [0.29, 0.717) is 5.82 Å². The van der Waals surface area contributed by atoms with Crippen molar-refractivity contribution in [2.24, 2.45) is 5.84 Å². The van der Waals surface area contributed by atoms with Crippen LogP contribution < -0.4 is 20.9 Å². The Hall–Kier alpha value is -2.34. The Morgan fingerprint density at radius 2 is 2.15 bits per heavy atom. The van der Waals surface area contributed by atoms with Crippen molar-refractivity contribution in [2.75, 3.05) is 24.5 Å². The van der Waals surface area contributed by atoms with Gasteiger partial charge >= 0.3 is 0 Å². The second-order valence-corrected chi connectivity index (χ2v) is 4.52. The third kappa shape index (κ3) is 2.97. The maximum Gasteiger partial charge on any atom is 0.148 e. The number of nitrogens with one attached hydrogen (secondary N) is 1. The number of hydrogen-bond acceptors (Lipinski definition) is 6. The van der Waals surface area contributed by atoms with E-state index in [2.05, 4.69) is 21.5 Å². The zero-order chi connectivity index (χ0) is 14.5. The highest BCUT2D eigenvalue weighted by atomic mass is 16.5. The van der Waals surface area contributed by atoms with Gasteiger partial charge in [0.05, 0.1) is 7.11 Å². The molecule has 1 aromatic heterocycles. The van der Waals surface area contributed by atoms with E-state index in [-0.39, 0.29) is 0 Å². The summed E-state index contributed by atoms with van der Waals surface area (Å²) < 4.78 is 5.23. The highest BCUT2D eigenvalue weighted by molar-refractivity contribution is 5.57. The molecule has 0 atom stereocenters. The Morgan fingerprint density at radius 1 is 1.35 bits per heavy atom. The summed E-state index contributed by atoms with van der Waals surface area (Å²) in [7, 11) is 3.64. The van der Waals surface area contributed by atoms with E-state index in [1.165, 1.54) is 6.33 Å². The Morgan fingerprint density at radius 3 is 2.85 bits per heavy atom. The van der Waals surface area contributed by atoms with Crippen molar-refractivity contribution in [2.45, 2.75) is 13.5 Å². The van der Waals surface area contributed by atoms with Crippen molar-refractivity contribution >= 4 is 11.6 Å². The Kier molecular flexibility index (Phi) is 4.37. The maximum atomic E-state index is 5.43. The smallest absolute Gasteiger partial charge is 0.148 e. The number of anilines is 2. The van der Waals surface area contributed by atoms with Gasteiger partial charge in [0.25, 0.3) is 0 Å². The second kappa shape index (κ2) is 6.21. The van der Waals surface area contributed by atoms with Crippen molar-refractivity contribution in [3.63, 3.8) is 0 Å². The van der Waals surface area contributed by atoms with Gasteiger partial charge in [-0.1, -0.05) is 12.1 Å². The molecular weight excluding hydrogens is 254 g/mol. The lowest BCUT2D eigenvalue weighted by Gasteiger charge is -2.21. The first-order chi connectivity index (χ1) is 9.65. The van der Waals surface area contributed by atoms with E-state index in [0.717, 1.165) is 29.2 Å². The quantitative estimate of drug-likeness (QED) is 0.638.